The summed E-state index contributed by atoms with van der Waals surface area (Å²) in [5, 5.41) is 9.39. The highest BCUT2D eigenvalue weighted by Gasteiger charge is 2.06. The van der Waals surface area contributed by atoms with Gasteiger partial charge >= 0.3 is 0 Å². The fourth-order valence-corrected chi connectivity index (χ4v) is 1.34. The second kappa shape index (κ2) is 5.11. The third-order valence-electron chi connectivity index (χ3n) is 1.76. The van der Waals surface area contributed by atoms with Gasteiger partial charge in [-0.3, -0.25) is 0 Å². The van der Waals surface area contributed by atoms with Crippen LogP contribution in [-0.4, -0.2) is 5.88 Å². The van der Waals surface area contributed by atoms with E-state index in [4.69, 9.17) is 28.5 Å². The zero-order valence-corrected chi connectivity index (χ0v) is 8.52. The van der Waals surface area contributed by atoms with E-state index >= 15 is 0 Å². The molecule has 0 radical (unpaired) electrons. The SMILES string of the molecule is N#CC(CCl)Cc1ccc(Cl)cc1. The van der Waals surface area contributed by atoms with Crippen molar-refractivity contribution in [1.29, 1.82) is 5.26 Å². The number of nitrogens with zero attached hydrogens (tertiary/aromatic N) is 1. The first-order valence-electron chi connectivity index (χ1n) is 3.96. The number of benzene rings is 1. The molecule has 0 aliphatic rings. The molecule has 1 nitrogen and oxygen atoms in total. The van der Waals surface area contributed by atoms with E-state index in [0.717, 1.165) is 5.56 Å². The summed E-state index contributed by atoms with van der Waals surface area (Å²) in [7, 11) is 0. The maximum atomic E-state index is 8.68. The topological polar surface area (TPSA) is 23.8 Å². The van der Waals surface area contributed by atoms with Crippen molar-refractivity contribution in [1.82, 2.24) is 0 Å². The summed E-state index contributed by atoms with van der Waals surface area (Å²) < 4.78 is 0. The van der Waals surface area contributed by atoms with Gasteiger partial charge in [-0.2, -0.15) is 5.26 Å². The van der Waals surface area contributed by atoms with Crippen molar-refractivity contribution in [2.75, 3.05) is 5.88 Å². The van der Waals surface area contributed by atoms with Crippen molar-refractivity contribution >= 4 is 23.2 Å². The molecule has 1 aromatic carbocycles. The standard InChI is InChI=1S/C10H9Cl2N/c11-6-9(7-13)5-8-1-3-10(12)4-2-8/h1-4,9H,5-6H2. The molecule has 0 heterocycles. The number of alkyl halides is 1. The molecule has 0 spiro atoms. The second-order valence-electron chi connectivity index (χ2n) is 2.81. The van der Waals surface area contributed by atoms with E-state index in [0.29, 0.717) is 17.3 Å². The van der Waals surface area contributed by atoms with Gasteiger partial charge in [-0.25, -0.2) is 0 Å². The third-order valence-corrected chi connectivity index (χ3v) is 2.39. The normalized spacial score (nSPS) is 12.1. The van der Waals surface area contributed by atoms with E-state index in [1.54, 1.807) is 0 Å². The molecule has 13 heavy (non-hydrogen) atoms. The Balaban J connectivity index is 2.64. The van der Waals surface area contributed by atoms with Gasteiger partial charge in [-0.15, -0.1) is 11.6 Å². The van der Waals surface area contributed by atoms with Crippen molar-refractivity contribution in [2.24, 2.45) is 5.92 Å². The average molecular weight is 214 g/mol. The summed E-state index contributed by atoms with van der Waals surface area (Å²) in [6.45, 7) is 0. The number of hydrogen-bond donors (Lipinski definition) is 0. The minimum atomic E-state index is -0.108. The molecule has 0 saturated carbocycles. The van der Waals surface area contributed by atoms with Gasteiger partial charge in [0.1, 0.15) is 0 Å². The summed E-state index contributed by atoms with van der Waals surface area (Å²) in [5.41, 5.74) is 1.09. The van der Waals surface area contributed by atoms with E-state index < -0.39 is 0 Å². The molecule has 68 valence electrons. The summed E-state index contributed by atoms with van der Waals surface area (Å²) in [5.74, 6) is 0.266. The first kappa shape index (κ1) is 10.4. The van der Waals surface area contributed by atoms with Gasteiger partial charge in [-0.05, 0) is 24.1 Å². The lowest BCUT2D eigenvalue weighted by Crippen LogP contribution is -2.02. The first-order chi connectivity index (χ1) is 6.26. The van der Waals surface area contributed by atoms with Crippen molar-refractivity contribution in [3.05, 3.63) is 34.9 Å². The molecule has 0 saturated heterocycles. The number of rotatable bonds is 3. The molecule has 0 aromatic heterocycles. The quantitative estimate of drug-likeness (QED) is 0.708. The predicted octanol–water partition coefficient (Wildman–Crippen LogP) is 3.26. The molecule has 0 bridgehead atoms. The summed E-state index contributed by atoms with van der Waals surface area (Å²) in [4.78, 5) is 0. The molecule has 0 aliphatic carbocycles. The molecule has 0 amide bonds. The van der Waals surface area contributed by atoms with Gasteiger partial charge < -0.3 is 0 Å². The van der Waals surface area contributed by atoms with Crippen LogP contribution in [0.25, 0.3) is 0 Å². The molecule has 1 unspecified atom stereocenters. The molecule has 0 fully saturated rings. The van der Waals surface area contributed by atoms with Crippen LogP contribution in [0.3, 0.4) is 0 Å². The summed E-state index contributed by atoms with van der Waals surface area (Å²) in [6.07, 6.45) is 0.692. The Labute approximate surface area is 87.9 Å². The zero-order chi connectivity index (χ0) is 9.68. The molecule has 1 rings (SSSR count). The van der Waals surface area contributed by atoms with Crippen molar-refractivity contribution in [3.63, 3.8) is 0 Å². The van der Waals surface area contributed by atoms with Crippen LogP contribution in [0.2, 0.25) is 5.02 Å². The van der Waals surface area contributed by atoms with E-state index in [9.17, 15) is 0 Å². The van der Waals surface area contributed by atoms with E-state index in [-0.39, 0.29) is 5.92 Å². The van der Waals surface area contributed by atoms with E-state index in [2.05, 4.69) is 6.07 Å². The summed E-state index contributed by atoms with van der Waals surface area (Å²) >= 11 is 11.3. The van der Waals surface area contributed by atoms with Crippen LogP contribution in [0.15, 0.2) is 24.3 Å². The Hall–Kier alpha value is -0.710. The van der Waals surface area contributed by atoms with E-state index in [1.807, 2.05) is 24.3 Å². The predicted molar refractivity (Wildman–Crippen MR) is 55.0 cm³/mol. The zero-order valence-electron chi connectivity index (χ0n) is 7.00. The smallest absolute Gasteiger partial charge is 0.0671 e. The molecular weight excluding hydrogens is 205 g/mol. The fourth-order valence-electron chi connectivity index (χ4n) is 1.04. The van der Waals surface area contributed by atoms with Gasteiger partial charge in [0.05, 0.1) is 12.0 Å². The van der Waals surface area contributed by atoms with Crippen molar-refractivity contribution in [3.8, 4) is 6.07 Å². The van der Waals surface area contributed by atoms with Crippen LogP contribution >= 0.6 is 23.2 Å². The third kappa shape index (κ3) is 3.26. The largest absolute Gasteiger partial charge is 0.198 e. The highest BCUT2D eigenvalue weighted by atomic mass is 35.5. The van der Waals surface area contributed by atoms with Gasteiger partial charge in [0.2, 0.25) is 0 Å². The van der Waals surface area contributed by atoms with Crippen LogP contribution in [-0.2, 0) is 6.42 Å². The van der Waals surface area contributed by atoms with Crippen LogP contribution in [0, 0.1) is 17.2 Å². The first-order valence-corrected chi connectivity index (χ1v) is 4.87. The Morgan fingerprint density at radius 1 is 1.31 bits per heavy atom. The molecule has 1 aromatic rings. The molecular formula is C10H9Cl2N. The van der Waals surface area contributed by atoms with Crippen LogP contribution < -0.4 is 0 Å². The molecule has 1 atom stereocenters. The molecule has 0 aliphatic heterocycles. The van der Waals surface area contributed by atoms with Crippen LogP contribution in [0.5, 0.6) is 0 Å². The lowest BCUT2D eigenvalue weighted by molar-refractivity contribution is 0.746. The van der Waals surface area contributed by atoms with Crippen molar-refractivity contribution in [2.45, 2.75) is 6.42 Å². The maximum absolute atomic E-state index is 8.68. The molecule has 0 N–H and O–H groups in total. The maximum Gasteiger partial charge on any atom is 0.0671 e. The Bertz CT molecular complexity index is 300. The van der Waals surface area contributed by atoms with Crippen LogP contribution in [0.4, 0.5) is 0 Å². The Kier molecular flexibility index (Phi) is 4.08. The highest BCUT2D eigenvalue weighted by molar-refractivity contribution is 6.30. The molecule has 3 heteroatoms. The average Bonchev–Trinajstić information content (AvgIpc) is 2.17. The fraction of sp³-hybridized carbons (Fsp3) is 0.300. The van der Waals surface area contributed by atoms with Gasteiger partial charge in [0.25, 0.3) is 0 Å². The summed E-state index contributed by atoms with van der Waals surface area (Å²) in [6, 6.07) is 9.62. The number of hydrogen-bond acceptors (Lipinski definition) is 1. The van der Waals surface area contributed by atoms with Gasteiger partial charge in [0, 0.05) is 10.9 Å². The van der Waals surface area contributed by atoms with Crippen molar-refractivity contribution < 1.29 is 0 Å². The number of nitriles is 1. The lowest BCUT2D eigenvalue weighted by Gasteiger charge is -2.04. The Morgan fingerprint density at radius 3 is 2.38 bits per heavy atom. The second-order valence-corrected chi connectivity index (χ2v) is 3.56. The highest BCUT2D eigenvalue weighted by Crippen LogP contribution is 2.13. The van der Waals surface area contributed by atoms with E-state index in [1.165, 1.54) is 0 Å². The Morgan fingerprint density at radius 2 is 1.92 bits per heavy atom. The minimum Gasteiger partial charge on any atom is -0.198 e. The lowest BCUT2D eigenvalue weighted by atomic mass is 10.0. The van der Waals surface area contributed by atoms with Gasteiger partial charge in [0.15, 0.2) is 0 Å². The monoisotopic (exact) mass is 213 g/mol. The van der Waals surface area contributed by atoms with Crippen LogP contribution in [0.1, 0.15) is 5.56 Å². The number of halogens is 2. The minimum absolute atomic E-state index is 0.108. The van der Waals surface area contributed by atoms with Gasteiger partial charge in [-0.1, -0.05) is 23.7 Å².